The zero-order valence-electron chi connectivity index (χ0n) is 20.8. The first kappa shape index (κ1) is 72.5. The van der Waals surface area contributed by atoms with Crippen LogP contribution in [0.4, 0.5) is 0 Å². The zero-order valence-corrected chi connectivity index (χ0v) is 44.2. The van der Waals surface area contributed by atoms with E-state index in [-0.39, 0.29) is 266 Å². The molecule has 0 bridgehead atoms. The van der Waals surface area contributed by atoms with Crippen LogP contribution in [0.15, 0.2) is 0 Å². The maximum absolute atomic E-state index is 11.0. The van der Waals surface area contributed by atoms with Crippen molar-refractivity contribution < 1.29 is 364 Å². The first-order chi connectivity index (χ1) is 12.0. The maximum Gasteiger partial charge on any atom is 1.00 e. The van der Waals surface area contributed by atoms with Gasteiger partial charge < -0.3 is 44.4 Å². The van der Waals surface area contributed by atoms with Crippen molar-refractivity contribution in [3.8, 4) is 0 Å². The van der Waals surface area contributed by atoms with E-state index in [9.17, 15) is 56.8 Å². The molecule has 0 spiro atoms. The van der Waals surface area contributed by atoms with Gasteiger partial charge in [0.2, 0.25) is 0 Å². The van der Waals surface area contributed by atoms with Crippen LogP contribution in [-0.4, -0.2) is 7.32 Å². The van der Waals surface area contributed by atoms with Gasteiger partial charge in [-0.05, 0) is 0 Å². The van der Waals surface area contributed by atoms with Gasteiger partial charge in [0, 0.05) is 0 Å². The first-order valence-corrected chi connectivity index (χ1v) is 13.9. The van der Waals surface area contributed by atoms with Crippen molar-refractivity contribution in [3.63, 3.8) is 0 Å². The Labute approximate surface area is 408 Å². The molecule has 1 heterocycles. The molecule has 1 saturated heterocycles. The minimum atomic E-state index is -6.56. The number of hydrogen-bond acceptors (Lipinski definition) is 21. The Morgan fingerprint density at radius 3 is 0.432 bits per heavy atom. The van der Waals surface area contributed by atoms with E-state index in [0.29, 0.717) is 0 Å². The first-order valence-electron chi connectivity index (χ1n) is 5.09. The summed E-state index contributed by atoms with van der Waals surface area (Å²) in [6, 6.07) is 0. The largest absolute Gasteiger partial charge is 1.00 e. The molecule has 37 heteroatoms. The van der Waals surface area contributed by atoms with E-state index in [2.05, 4.69) is 25.9 Å². The van der Waals surface area contributed by atoms with Gasteiger partial charge in [-0.3, -0.25) is 34.7 Å². The van der Waals surface area contributed by atoms with Crippen LogP contribution in [0.25, 0.3) is 0 Å². The van der Waals surface area contributed by atoms with E-state index in [1.807, 2.05) is 0 Å². The van der Waals surface area contributed by atoms with Crippen molar-refractivity contribution in [2.24, 2.45) is 0 Å². The van der Waals surface area contributed by atoms with Crippen LogP contribution in [0.5, 0.6) is 0 Å². The molecule has 168 valence electrons. The fraction of sp³-hybridized carbons (Fsp3) is 0. The number of rotatable bonds is 0. The molecule has 0 aromatic carbocycles. The van der Waals surface area contributed by atoms with Crippen LogP contribution in [0.2, 0.25) is 0 Å². The Morgan fingerprint density at radius 1 is 0.324 bits per heavy atom. The molecular weight excluding hydrogens is 740 g/mol. The second-order valence-electron chi connectivity index (χ2n) is 3.46. The zero-order chi connectivity index (χ0) is 22.8. The van der Waals surface area contributed by atoms with Crippen LogP contribution in [0.3, 0.4) is 0 Å². The summed E-state index contributed by atoms with van der Waals surface area (Å²) in [5.74, 6) is 0. The van der Waals surface area contributed by atoms with Gasteiger partial charge in [0.15, 0.2) is 0 Å². The van der Waals surface area contributed by atoms with Crippen molar-refractivity contribution in [2.75, 3.05) is 0 Å². The SMILES string of the molecule is O=P1([O-])OP(=O)([O-])OP(=O)([O-])OP(=O)([O-])OP(=O)([O-])OP(=O)([O-])O1.[Na+].[Na+].[Na+].[Na+].[Na+].[Na+].[Na+].[Na+].[Na+].[O-]B([O-])[O-]. The third-order valence-corrected chi connectivity index (χ3v) is 10.8. The molecule has 37 heavy (non-hydrogen) atoms. The number of hydrogen-bond donors (Lipinski definition) is 0. The van der Waals surface area contributed by atoms with E-state index in [4.69, 9.17) is 15.1 Å². The molecule has 0 radical (unpaired) electrons. The molecule has 0 atom stereocenters. The van der Waals surface area contributed by atoms with E-state index < -0.39 is 54.3 Å². The topological polar surface area (TPSA) is 365 Å². The summed E-state index contributed by atoms with van der Waals surface area (Å²) < 4.78 is 83.4. The molecular formula is BNa9O21P6. The Hall–Kier alpha value is 9.84. The molecule has 1 rings (SSSR count). The molecule has 0 aromatic heterocycles. The molecule has 0 N–H and O–H groups in total. The second-order valence-corrected chi connectivity index (χ2v) is 12.7. The predicted molar refractivity (Wildman–Crippen MR) is 57.9 cm³/mol. The number of phosphoric acid groups is 6. The predicted octanol–water partition coefficient (Wildman–Crippen LogP) is -34.0. The monoisotopic (exact) mass is 740 g/mol. The average Bonchev–Trinajstić information content (AvgIpc) is 2.12. The summed E-state index contributed by atoms with van der Waals surface area (Å²) in [7, 11) is -42.3. The molecule has 0 amide bonds. The Kier molecular flexibility index (Phi) is 60.1. The minimum Gasteiger partial charge on any atom is -0.907 e. The van der Waals surface area contributed by atoms with Crippen molar-refractivity contribution in [3.05, 3.63) is 0 Å². The van der Waals surface area contributed by atoms with E-state index >= 15 is 0 Å². The van der Waals surface area contributed by atoms with Crippen molar-refractivity contribution in [1.29, 1.82) is 0 Å². The van der Waals surface area contributed by atoms with Crippen LogP contribution in [0, 0.1) is 0 Å². The summed E-state index contributed by atoms with van der Waals surface area (Å²) >= 11 is 0. The van der Waals surface area contributed by atoms with E-state index in [1.165, 1.54) is 0 Å². The quantitative estimate of drug-likeness (QED) is 0.164. The molecule has 21 nitrogen and oxygen atoms in total. The molecule has 0 aliphatic carbocycles. The van der Waals surface area contributed by atoms with Crippen molar-refractivity contribution in [1.82, 2.24) is 0 Å². The molecule has 0 unspecified atom stereocenters. The third kappa shape index (κ3) is 41.9. The maximum atomic E-state index is 11.0. The smallest absolute Gasteiger partial charge is 0.907 e. The van der Waals surface area contributed by atoms with Gasteiger partial charge in [-0.2, -0.15) is 0 Å². The standard InChI is InChI=1S/BO3.9Na.H6O18P6/c2-1(3)4;;;;;;;;;;1-19(2)13-20(3,4)15-22(7,8)17-24(11,12)18-23(9,10)16-21(5,6)14-19/h;;;;;;;;;;(H,1,2)(H,3,4)(H,5,6)(H,7,8)(H,9,10)(H,11,12)/q-3;9*+1;/p-6. The van der Waals surface area contributed by atoms with Gasteiger partial charge in [0.05, 0.1) is 0 Å². The molecule has 0 aromatic rings. The Balaban J connectivity index is -0.0000000654. The van der Waals surface area contributed by atoms with Gasteiger partial charge in [-0.25, -0.2) is 25.9 Å². The fourth-order valence-electron chi connectivity index (χ4n) is 0.824. The van der Waals surface area contributed by atoms with Gasteiger partial charge in [-0.15, -0.1) is 0 Å². The van der Waals surface area contributed by atoms with E-state index in [1.54, 1.807) is 0 Å². The fourth-order valence-corrected chi connectivity index (χ4v) is 9.03. The van der Waals surface area contributed by atoms with Crippen LogP contribution < -0.4 is 310 Å². The van der Waals surface area contributed by atoms with Gasteiger partial charge in [0.25, 0.3) is 46.9 Å². The second kappa shape index (κ2) is 30.7. The summed E-state index contributed by atoms with van der Waals surface area (Å²) in [6.07, 6.45) is 0. The molecule has 1 fully saturated rings. The minimum absolute atomic E-state index is 0. The summed E-state index contributed by atoms with van der Waals surface area (Å²) in [6.45, 7) is 0. The normalized spacial score (nSPS) is 36.6. The van der Waals surface area contributed by atoms with Crippen molar-refractivity contribution in [2.45, 2.75) is 0 Å². The van der Waals surface area contributed by atoms with Crippen molar-refractivity contribution >= 4 is 54.3 Å². The molecule has 1 aliphatic rings. The molecule has 1 aliphatic heterocycles. The summed E-state index contributed by atoms with van der Waals surface area (Å²) in [5.41, 5.74) is 0. The third-order valence-electron chi connectivity index (χ3n) is 1.20. The van der Waals surface area contributed by atoms with E-state index in [0.717, 1.165) is 0 Å². The Bertz CT molecular complexity index is 652. The summed E-state index contributed by atoms with van der Waals surface area (Å²) in [4.78, 5) is 65.8. The van der Waals surface area contributed by atoms with Crippen LogP contribution in [0.1, 0.15) is 0 Å². The molecule has 0 saturated carbocycles. The summed E-state index contributed by atoms with van der Waals surface area (Å²) in [5, 5.41) is 25.2. The average molecular weight is 740 g/mol. The Morgan fingerprint density at radius 2 is 0.378 bits per heavy atom. The van der Waals surface area contributed by atoms with Gasteiger partial charge >= 0.3 is 266 Å². The van der Waals surface area contributed by atoms with Crippen LogP contribution in [-0.2, 0) is 53.3 Å². The van der Waals surface area contributed by atoms with Gasteiger partial charge in [-0.1, -0.05) is 0 Å². The van der Waals surface area contributed by atoms with Crippen LogP contribution >= 0.6 is 46.9 Å². The van der Waals surface area contributed by atoms with Gasteiger partial charge in [0.1, 0.15) is 0 Å².